The van der Waals surface area contributed by atoms with Gasteiger partial charge >= 0.3 is 0 Å². The highest BCUT2D eigenvalue weighted by Gasteiger charge is 2.31. The Hall–Kier alpha value is -0.120. The van der Waals surface area contributed by atoms with E-state index in [9.17, 15) is 0 Å². The summed E-state index contributed by atoms with van der Waals surface area (Å²) in [6.45, 7) is 9.03. The van der Waals surface area contributed by atoms with Crippen molar-refractivity contribution in [2.45, 2.75) is 57.7 Å². The second-order valence-corrected chi connectivity index (χ2v) is 5.61. The molecule has 0 aromatic carbocycles. The van der Waals surface area contributed by atoms with Crippen molar-refractivity contribution in [3.63, 3.8) is 0 Å². The number of ether oxygens (including phenoxy) is 1. The van der Waals surface area contributed by atoms with Gasteiger partial charge in [-0.25, -0.2) is 0 Å². The molecular weight excluding hydrogens is 200 g/mol. The number of likely N-dealkylation sites (N-methyl/N-ethyl adjacent to an activating group) is 1. The Labute approximate surface area is 101 Å². The molecule has 0 bridgehead atoms. The van der Waals surface area contributed by atoms with Crippen molar-refractivity contribution in [3.05, 3.63) is 0 Å². The first-order chi connectivity index (χ1) is 7.50. The van der Waals surface area contributed by atoms with Gasteiger partial charge in [0.2, 0.25) is 0 Å². The predicted molar refractivity (Wildman–Crippen MR) is 68.8 cm³/mol. The van der Waals surface area contributed by atoms with Gasteiger partial charge in [-0.3, -0.25) is 4.90 Å². The second-order valence-electron chi connectivity index (χ2n) is 5.61. The molecule has 1 rings (SSSR count). The van der Waals surface area contributed by atoms with Gasteiger partial charge in [0.25, 0.3) is 0 Å². The molecule has 1 fully saturated rings. The monoisotopic (exact) mass is 228 g/mol. The van der Waals surface area contributed by atoms with Gasteiger partial charge in [0.1, 0.15) is 0 Å². The van der Waals surface area contributed by atoms with Gasteiger partial charge in [0.05, 0.1) is 5.60 Å². The van der Waals surface area contributed by atoms with E-state index in [4.69, 9.17) is 4.74 Å². The summed E-state index contributed by atoms with van der Waals surface area (Å²) in [5.74, 6) is 0. The normalized spacial score (nSPS) is 24.9. The Kier molecular flexibility index (Phi) is 5.22. The van der Waals surface area contributed by atoms with Gasteiger partial charge in [-0.05, 0) is 53.6 Å². The number of nitrogens with one attached hydrogen (secondary N) is 1. The molecule has 3 nitrogen and oxygen atoms in total. The highest BCUT2D eigenvalue weighted by molar-refractivity contribution is 4.87. The zero-order valence-electron chi connectivity index (χ0n) is 11.5. The number of methoxy groups -OCH3 is 1. The Morgan fingerprint density at radius 2 is 2.19 bits per heavy atom. The van der Waals surface area contributed by atoms with Crippen LogP contribution in [0.3, 0.4) is 0 Å². The molecule has 1 aliphatic rings. The van der Waals surface area contributed by atoms with E-state index in [-0.39, 0.29) is 5.60 Å². The van der Waals surface area contributed by atoms with Crippen LogP contribution in [0, 0.1) is 0 Å². The fourth-order valence-electron chi connectivity index (χ4n) is 2.81. The van der Waals surface area contributed by atoms with Gasteiger partial charge in [-0.15, -0.1) is 0 Å². The highest BCUT2D eigenvalue weighted by Crippen LogP contribution is 2.25. The molecule has 1 saturated heterocycles. The Bertz CT molecular complexity index is 206. The minimum atomic E-state index is -0.00774. The summed E-state index contributed by atoms with van der Waals surface area (Å²) in [4.78, 5) is 2.64. The Balaban J connectivity index is 2.49. The Morgan fingerprint density at radius 3 is 2.75 bits per heavy atom. The molecule has 2 atom stereocenters. The molecule has 0 radical (unpaired) electrons. The van der Waals surface area contributed by atoms with Gasteiger partial charge in [0, 0.05) is 25.7 Å². The van der Waals surface area contributed by atoms with Crippen molar-refractivity contribution < 1.29 is 4.74 Å². The second kappa shape index (κ2) is 5.99. The third-order valence-corrected chi connectivity index (χ3v) is 3.77. The zero-order chi connectivity index (χ0) is 12.2. The molecule has 1 heterocycles. The summed E-state index contributed by atoms with van der Waals surface area (Å²) in [6, 6.07) is 1.32. The quantitative estimate of drug-likeness (QED) is 0.751. The van der Waals surface area contributed by atoms with Gasteiger partial charge in [0.15, 0.2) is 0 Å². The van der Waals surface area contributed by atoms with E-state index < -0.39 is 0 Å². The summed E-state index contributed by atoms with van der Waals surface area (Å²) >= 11 is 0. The van der Waals surface area contributed by atoms with Gasteiger partial charge in [-0.1, -0.05) is 0 Å². The fourth-order valence-corrected chi connectivity index (χ4v) is 2.81. The summed E-state index contributed by atoms with van der Waals surface area (Å²) in [7, 11) is 3.85. The largest absolute Gasteiger partial charge is 0.379 e. The molecule has 2 unspecified atom stereocenters. The number of nitrogens with zero attached hydrogens (tertiary/aromatic N) is 1. The molecule has 1 N–H and O–H groups in total. The standard InChI is InChI=1S/C13H28N2O/c1-11(9-13(2,3)16-5)15-8-6-7-12(15)10-14-4/h11-12,14H,6-10H2,1-5H3. The minimum absolute atomic E-state index is 0.00774. The lowest BCUT2D eigenvalue weighted by Crippen LogP contribution is -2.45. The van der Waals surface area contributed by atoms with Crippen molar-refractivity contribution in [2.24, 2.45) is 0 Å². The molecule has 0 aromatic heterocycles. The maximum Gasteiger partial charge on any atom is 0.0637 e. The summed E-state index contributed by atoms with van der Waals surface area (Å²) < 4.78 is 5.52. The molecule has 16 heavy (non-hydrogen) atoms. The minimum Gasteiger partial charge on any atom is -0.379 e. The van der Waals surface area contributed by atoms with E-state index in [0.717, 1.165) is 13.0 Å². The first kappa shape index (κ1) is 13.9. The topological polar surface area (TPSA) is 24.5 Å². The number of rotatable bonds is 6. The lowest BCUT2D eigenvalue weighted by Gasteiger charge is -2.35. The van der Waals surface area contributed by atoms with Crippen molar-refractivity contribution in [2.75, 3.05) is 27.2 Å². The highest BCUT2D eigenvalue weighted by atomic mass is 16.5. The maximum absolute atomic E-state index is 5.52. The van der Waals surface area contributed by atoms with E-state index in [2.05, 4.69) is 31.0 Å². The van der Waals surface area contributed by atoms with E-state index in [1.54, 1.807) is 0 Å². The molecule has 96 valence electrons. The Morgan fingerprint density at radius 1 is 1.50 bits per heavy atom. The van der Waals surface area contributed by atoms with Crippen LogP contribution in [0.15, 0.2) is 0 Å². The van der Waals surface area contributed by atoms with E-state index in [1.165, 1.54) is 19.4 Å². The third kappa shape index (κ3) is 3.72. The molecule has 0 aliphatic carbocycles. The summed E-state index contributed by atoms with van der Waals surface area (Å²) in [6.07, 6.45) is 3.77. The summed E-state index contributed by atoms with van der Waals surface area (Å²) in [5, 5.41) is 3.30. The van der Waals surface area contributed by atoms with Gasteiger partial charge < -0.3 is 10.1 Å². The van der Waals surface area contributed by atoms with Crippen molar-refractivity contribution in [1.82, 2.24) is 10.2 Å². The smallest absolute Gasteiger partial charge is 0.0637 e. The molecule has 0 amide bonds. The van der Waals surface area contributed by atoms with E-state index in [0.29, 0.717) is 12.1 Å². The van der Waals surface area contributed by atoms with E-state index >= 15 is 0 Å². The lowest BCUT2D eigenvalue weighted by atomic mass is 9.98. The fraction of sp³-hybridized carbons (Fsp3) is 1.00. The molecule has 3 heteroatoms. The van der Waals surface area contributed by atoms with Gasteiger partial charge in [-0.2, -0.15) is 0 Å². The SMILES string of the molecule is CNCC1CCCN1C(C)CC(C)(C)OC. The van der Waals surface area contributed by atoms with Crippen molar-refractivity contribution >= 4 is 0 Å². The number of hydrogen-bond donors (Lipinski definition) is 1. The summed E-state index contributed by atoms with van der Waals surface area (Å²) in [5.41, 5.74) is -0.00774. The average Bonchev–Trinajstić information content (AvgIpc) is 2.66. The molecule has 0 aromatic rings. The first-order valence-corrected chi connectivity index (χ1v) is 6.45. The molecular formula is C13H28N2O. The van der Waals surface area contributed by atoms with Crippen LogP contribution in [0.25, 0.3) is 0 Å². The maximum atomic E-state index is 5.52. The van der Waals surface area contributed by atoms with Crippen molar-refractivity contribution in [3.8, 4) is 0 Å². The van der Waals surface area contributed by atoms with Crippen LogP contribution in [-0.2, 0) is 4.74 Å². The van der Waals surface area contributed by atoms with E-state index in [1.807, 2.05) is 14.2 Å². The number of hydrogen-bond acceptors (Lipinski definition) is 3. The molecule has 0 saturated carbocycles. The van der Waals surface area contributed by atoms with Crippen LogP contribution in [-0.4, -0.2) is 49.8 Å². The number of likely N-dealkylation sites (tertiary alicyclic amines) is 1. The van der Waals surface area contributed by atoms with Crippen LogP contribution in [0.5, 0.6) is 0 Å². The first-order valence-electron chi connectivity index (χ1n) is 6.45. The molecule has 1 aliphatic heterocycles. The van der Waals surface area contributed by atoms with Crippen LogP contribution in [0.1, 0.15) is 40.0 Å². The predicted octanol–water partition coefficient (Wildman–Crippen LogP) is 1.87. The zero-order valence-corrected chi connectivity index (χ0v) is 11.5. The van der Waals surface area contributed by atoms with Crippen LogP contribution >= 0.6 is 0 Å². The van der Waals surface area contributed by atoms with Crippen LogP contribution in [0.2, 0.25) is 0 Å². The molecule has 0 spiro atoms. The average molecular weight is 228 g/mol. The lowest BCUT2D eigenvalue weighted by molar-refractivity contribution is -0.00768. The van der Waals surface area contributed by atoms with Crippen LogP contribution in [0.4, 0.5) is 0 Å². The third-order valence-electron chi connectivity index (χ3n) is 3.77. The van der Waals surface area contributed by atoms with Crippen molar-refractivity contribution in [1.29, 1.82) is 0 Å². The van der Waals surface area contributed by atoms with Crippen LogP contribution < -0.4 is 5.32 Å².